The molecule has 0 radical (unpaired) electrons. The first kappa shape index (κ1) is 58.6. The monoisotopic (exact) mass is 943 g/mol. The quantitative estimate of drug-likeness (QED) is 0.0544. The van der Waals surface area contributed by atoms with Gasteiger partial charge in [0.05, 0.1) is 39.1 Å². The lowest BCUT2D eigenvalue weighted by molar-refractivity contribution is 0.0866. The summed E-state index contributed by atoms with van der Waals surface area (Å²) in [7, 11) is 0. The molecule has 8 nitrogen and oxygen atoms in total. The topological polar surface area (TPSA) is 101 Å². The van der Waals surface area contributed by atoms with E-state index in [4.69, 9.17) is 29.4 Å². The van der Waals surface area contributed by atoms with E-state index < -0.39 is 0 Å². The molecule has 3 N–H and O–H groups in total. The van der Waals surface area contributed by atoms with Crippen molar-refractivity contribution in [1.29, 1.82) is 0 Å². The van der Waals surface area contributed by atoms with Crippen molar-refractivity contribution in [2.45, 2.75) is 219 Å². The van der Waals surface area contributed by atoms with Gasteiger partial charge in [-0.25, -0.2) is 0 Å². The smallest absolute Gasteiger partial charge is 0.251 e. The molecular weight excluding hydrogens is 845 g/mol. The largest absolute Gasteiger partial charge is 0.491 e. The van der Waals surface area contributed by atoms with Gasteiger partial charge in [0.1, 0.15) is 12.4 Å². The first-order valence-electron chi connectivity index (χ1n) is 28.0. The molecule has 0 saturated heterocycles. The number of unbranched alkanes of at least 4 members (excludes halogenated alkanes) is 27. The van der Waals surface area contributed by atoms with Crippen LogP contribution in [0.2, 0.25) is 0 Å². The van der Waals surface area contributed by atoms with E-state index in [1.807, 2.05) is 66.7 Å². The fourth-order valence-corrected chi connectivity index (χ4v) is 8.65. The van der Waals surface area contributed by atoms with Crippen LogP contribution >= 0.6 is 0 Å². The lowest BCUT2D eigenvalue weighted by Crippen LogP contribution is -2.28. The Bertz CT molecular complexity index is 1570. The van der Waals surface area contributed by atoms with Crippen LogP contribution in [0.15, 0.2) is 66.7 Å². The van der Waals surface area contributed by atoms with E-state index in [9.17, 15) is 4.79 Å². The predicted octanol–water partition coefficient (Wildman–Crippen LogP) is 16.5. The number of ether oxygens (including phenoxy) is 5. The Morgan fingerprint density at radius 1 is 0.441 bits per heavy atom. The maximum absolute atomic E-state index is 13.7. The fourth-order valence-electron chi connectivity index (χ4n) is 8.65. The van der Waals surface area contributed by atoms with E-state index in [0.717, 1.165) is 55.4 Å². The average molecular weight is 943 g/mol. The first-order valence-corrected chi connectivity index (χ1v) is 28.0. The van der Waals surface area contributed by atoms with Crippen molar-refractivity contribution in [3.05, 3.63) is 83.4 Å². The minimum absolute atomic E-state index is 0.184. The van der Waals surface area contributed by atoms with Crippen molar-refractivity contribution in [2.75, 3.05) is 46.2 Å². The minimum Gasteiger partial charge on any atom is -0.491 e. The van der Waals surface area contributed by atoms with Crippen LogP contribution in [-0.4, -0.2) is 52.1 Å². The number of nitrogens with two attached hydrogens (primary N) is 1. The Morgan fingerprint density at radius 3 is 1.28 bits per heavy atom. The fraction of sp³-hybridized carbons (Fsp3) is 0.683. The third-order valence-corrected chi connectivity index (χ3v) is 13.0. The highest BCUT2D eigenvalue weighted by Gasteiger charge is 2.19. The molecule has 384 valence electrons. The summed E-state index contributed by atoms with van der Waals surface area (Å²) in [4.78, 5) is 13.7. The van der Waals surface area contributed by atoms with Gasteiger partial charge in [-0.3, -0.25) is 4.79 Å². The van der Waals surface area contributed by atoms with Crippen LogP contribution in [0, 0.1) is 0 Å². The van der Waals surface area contributed by atoms with Crippen molar-refractivity contribution >= 4 is 5.91 Å². The number of rotatable bonds is 46. The number of benzene rings is 3. The van der Waals surface area contributed by atoms with E-state index in [0.29, 0.717) is 69.0 Å². The van der Waals surface area contributed by atoms with E-state index >= 15 is 0 Å². The zero-order valence-electron chi connectivity index (χ0n) is 43.6. The summed E-state index contributed by atoms with van der Waals surface area (Å²) in [5.74, 6) is 2.41. The Morgan fingerprint density at radius 2 is 0.838 bits per heavy atom. The molecule has 3 rings (SSSR count). The van der Waals surface area contributed by atoms with Crippen molar-refractivity contribution in [3.8, 4) is 23.0 Å². The molecule has 0 aliphatic carbocycles. The molecule has 3 aromatic carbocycles. The van der Waals surface area contributed by atoms with Gasteiger partial charge in [0.15, 0.2) is 11.5 Å². The van der Waals surface area contributed by atoms with Gasteiger partial charge >= 0.3 is 0 Å². The lowest BCUT2D eigenvalue weighted by atomic mass is 10.00. The highest BCUT2D eigenvalue weighted by Crippen LogP contribution is 2.40. The van der Waals surface area contributed by atoms with Crippen LogP contribution in [-0.2, 0) is 4.74 Å². The molecule has 1 amide bonds. The van der Waals surface area contributed by atoms with Gasteiger partial charge < -0.3 is 34.7 Å². The van der Waals surface area contributed by atoms with Gasteiger partial charge in [-0.1, -0.05) is 237 Å². The molecule has 0 aromatic heterocycles. The molecule has 8 heteroatoms. The van der Waals surface area contributed by atoms with Gasteiger partial charge in [-0.15, -0.1) is 0 Å². The van der Waals surface area contributed by atoms with Crippen LogP contribution in [0.4, 0.5) is 0 Å². The molecule has 0 aliphatic rings. The van der Waals surface area contributed by atoms with E-state index in [2.05, 4.69) is 26.1 Å². The zero-order valence-corrected chi connectivity index (χ0v) is 43.6. The summed E-state index contributed by atoms with van der Waals surface area (Å²) in [6.07, 6.45) is 38.0. The van der Waals surface area contributed by atoms with Crippen molar-refractivity contribution in [2.24, 2.45) is 5.73 Å². The maximum atomic E-state index is 13.7. The molecule has 0 spiro atoms. The Hall–Kier alpha value is -3.75. The van der Waals surface area contributed by atoms with Gasteiger partial charge in [0, 0.05) is 12.1 Å². The van der Waals surface area contributed by atoms with Crippen molar-refractivity contribution < 1.29 is 28.5 Å². The number of carbonyl (C=O) groups excluding carboxylic acids is 1. The van der Waals surface area contributed by atoms with Crippen LogP contribution in [0.1, 0.15) is 241 Å². The molecule has 0 fully saturated rings. The maximum Gasteiger partial charge on any atom is 0.251 e. The van der Waals surface area contributed by atoms with E-state index in [1.54, 1.807) is 0 Å². The number of hydrogen-bond acceptors (Lipinski definition) is 7. The number of amides is 1. The second kappa shape index (κ2) is 41.1. The third kappa shape index (κ3) is 28.0. The van der Waals surface area contributed by atoms with Crippen molar-refractivity contribution in [1.82, 2.24) is 5.32 Å². The summed E-state index contributed by atoms with van der Waals surface area (Å²) in [5.41, 5.74) is 9.07. The Kier molecular flexibility index (Phi) is 35.4. The SMILES string of the molecule is CCCCCCCCCCCCOc1cc(C(=O)NCCOCCOc2ccc(C(N)c3ccccc3)cc2)cc(OCCCCCCCCCCCC)c1OCCCCCCCCCCCC. The van der Waals surface area contributed by atoms with Gasteiger partial charge in [0.2, 0.25) is 5.75 Å². The summed E-state index contributed by atoms with van der Waals surface area (Å²) in [6.45, 7) is 10.1. The van der Waals surface area contributed by atoms with Crippen LogP contribution < -0.4 is 30.0 Å². The summed E-state index contributed by atoms with van der Waals surface area (Å²) < 4.78 is 31.4. The second-order valence-corrected chi connectivity index (χ2v) is 19.1. The van der Waals surface area contributed by atoms with Gasteiger partial charge in [-0.2, -0.15) is 0 Å². The standard InChI is InChI=1S/C60H98N2O6/c1-4-7-10-13-16-19-22-25-28-34-44-66-56-50-54(60(63)62-43-47-64-48-49-65-55-41-39-53(40-42-55)58(61)52-37-32-31-33-38-52)51-57(67-45-35-29-26-23-20-17-14-11-8-5-2)59(56)68-46-36-30-27-24-21-18-15-12-9-6-3/h31-33,37-42,50-51,58H,4-30,34-36,43-49,61H2,1-3H3,(H,62,63). The zero-order chi connectivity index (χ0) is 48.4. The number of carbonyl (C=O) groups is 1. The Balaban J connectivity index is 1.56. The molecule has 1 unspecified atom stereocenters. The highest BCUT2D eigenvalue weighted by atomic mass is 16.5. The van der Waals surface area contributed by atoms with E-state index in [1.165, 1.54) is 154 Å². The normalized spacial score (nSPS) is 11.7. The third-order valence-electron chi connectivity index (χ3n) is 13.0. The molecule has 68 heavy (non-hydrogen) atoms. The van der Waals surface area contributed by atoms with Gasteiger partial charge in [-0.05, 0) is 54.7 Å². The molecule has 0 aliphatic heterocycles. The second-order valence-electron chi connectivity index (χ2n) is 19.1. The van der Waals surface area contributed by atoms with E-state index in [-0.39, 0.29) is 11.9 Å². The number of hydrogen-bond donors (Lipinski definition) is 2. The van der Waals surface area contributed by atoms with Crippen molar-refractivity contribution in [3.63, 3.8) is 0 Å². The van der Waals surface area contributed by atoms with Gasteiger partial charge in [0.25, 0.3) is 5.91 Å². The highest BCUT2D eigenvalue weighted by molar-refractivity contribution is 5.95. The first-order chi connectivity index (χ1) is 33.6. The van der Waals surface area contributed by atoms with Crippen LogP contribution in [0.3, 0.4) is 0 Å². The Labute approximate surface area is 415 Å². The number of nitrogens with one attached hydrogen (secondary N) is 1. The molecule has 0 heterocycles. The molecule has 0 saturated carbocycles. The molecule has 3 aromatic rings. The summed E-state index contributed by atoms with van der Waals surface area (Å²) in [6, 6.07) is 21.5. The lowest BCUT2D eigenvalue weighted by Gasteiger charge is -2.19. The predicted molar refractivity (Wildman–Crippen MR) is 286 cm³/mol. The molecular formula is C60H98N2O6. The van der Waals surface area contributed by atoms with Crippen LogP contribution in [0.5, 0.6) is 23.0 Å². The van der Waals surface area contributed by atoms with Crippen LogP contribution in [0.25, 0.3) is 0 Å². The molecule has 0 bridgehead atoms. The summed E-state index contributed by atoms with van der Waals surface area (Å²) in [5, 5.41) is 3.06. The molecule has 1 atom stereocenters. The minimum atomic E-state index is -0.188. The average Bonchev–Trinajstić information content (AvgIpc) is 3.36. The summed E-state index contributed by atoms with van der Waals surface area (Å²) >= 11 is 0.